The highest BCUT2D eigenvalue weighted by molar-refractivity contribution is 5.84. The van der Waals surface area contributed by atoms with E-state index >= 15 is 0 Å². The summed E-state index contributed by atoms with van der Waals surface area (Å²) in [6, 6.07) is -0.00907. The maximum atomic E-state index is 10.8. The predicted octanol–water partition coefficient (Wildman–Crippen LogP) is 0.718. The van der Waals surface area contributed by atoms with E-state index in [1.165, 1.54) is 4.90 Å². The summed E-state index contributed by atoms with van der Waals surface area (Å²) in [5.41, 5.74) is 0. The molecule has 1 fully saturated rings. The molecule has 1 aliphatic rings. The number of Topliss-reactive ketones (excluding diaryl/α,β-unsaturated/α-hetero) is 1. The number of hydrogen-bond acceptors (Lipinski definition) is 2. The van der Waals surface area contributed by atoms with Crippen LogP contribution >= 0.6 is 0 Å². The summed E-state index contributed by atoms with van der Waals surface area (Å²) in [7, 11) is 0. The van der Waals surface area contributed by atoms with Gasteiger partial charge >= 0.3 is 6.09 Å². The first kappa shape index (κ1) is 8.04. The van der Waals surface area contributed by atoms with Crippen LogP contribution in [0.3, 0.4) is 0 Å². The van der Waals surface area contributed by atoms with Gasteiger partial charge in [-0.25, -0.2) is 4.79 Å². The summed E-state index contributed by atoms with van der Waals surface area (Å²) >= 11 is 0. The smallest absolute Gasteiger partial charge is 0.407 e. The Balaban J connectivity index is 2.61. The molecule has 1 atom stereocenters. The monoisotopic (exact) mass is 157 g/mol. The SMILES string of the molecule is C[C@H]1CCC(=O)CN1C(=O)O. The van der Waals surface area contributed by atoms with Crippen molar-refractivity contribution in [3.05, 3.63) is 0 Å². The molecule has 62 valence electrons. The highest BCUT2D eigenvalue weighted by atomic mass is 16.4. The lowest BCUT2D eigenvalue weighted by Gasteiger charge is -2.29. The Kier molecular flexibility index (Phi) is 2.12. The average Bonchev–Trinajstić information content (AvgIpc) is 1.94. The second kappa shape index (κ2) is 2.90. The number of amides is 1. The van der Waals surface area contributed by atoms with Crippen molar-refractivity contribution in [2.45, 2.75) is 25.8 Å². The number of rotatable bonds is 0. The van der Waals surface area contributed by atoms with E-state index in [9.17, 15) is 9.59 Å². The molecular formula is C7H11NO3. The molecule has 1 rings (SSSR count). The van der Waals surface area contributed by atoms with Crippen molar-refractivity contribution < 1.29 is 14.7 Å². The molecule has 0 radical (unpaired) electrons. The molecule has 0 saturated carbocycles. The van der Waals surface area contributed by atoms with Crippen molar-refractivity contribution in [3.8, 4) is 0 Å². The summed E-state index contributed by atoms with van der Waals surface area (Å²) in [5.74, 6) is 0.0190. The van der Waals surface area contributed by atoms with E-state index < -0.39 is 6.09 Å². The molecule has 1 saturated heterocycles. The highest BCUT2D eigenvalue weighted by Gasteiger charge is 2.26. The Morgan fingerprint density at radius 1 is 1.73 bits per heavy atom. The van der Waals surface area contributed by atoms with Crippen molar-refractivity contribution in [1.29, 1.82) is 0 Å². The molecule has 0 aromatic heterocycles. The number of piperidine rings is 1. The van der Waals surface area contributed by atoms with E-state index in [1.54, 1.807) is 0 Å². The van der Waals surface area contributed by atoms with Gasteiger partial charge in [-0.1, -0.05) is 0 Å². The second-order valence-corrected chi connectivity index (χ2v) is 2.84. The topological polar surface area (TPSA) is 57.6 Å². The van der Waals surface area contributed by atoms with Gasteiger partial charge < -0.3 is 5.11 Å². The van der Waals surface area contributed by atoms with E-state index in [2.05, 4.69) is 0 Å². The van der Waals surface area contributed by atoms with Crippen molar-refractivity contribution in [2.24, 2.45) is 0 Å². The van der Waals surface area contributed by atoms with Gasteiger partial charge in [0.1, 0.15) is 0 Å². The second-order valence-electron chi connectivity index (χ2n) is 2.84. The van der Waals surface area contributed by atoms with E-state index in [4.69, 9.17) is 5.11 Å². The van der Waals surface area contributed by atoms with Crippen LogP contribution in [-0.4, -0.2) is 34.5 Å². The molecule has 0 bridgehead atoms. The molecule has 11 heavy (non-hydrogen) atoms. The first-order valence-electron chi connectivity index (χ1n) is 3.62. The van der Waals surface area contributed by atoms with Crippen LogP contribution < -0.4 is 0 Å². The van der Waals surface area contributed by atoms with Crippen LogP contribution in [-0.2, 0) is 4.79 Å². The molecule has 0 spiro atoms. The molecule has 1 aliphatic heterocycles. The number of nitrogens with zero attached hydrogens (tertiary/aromatic N) is 1. The molecule has 0 unspecified atom stereocenters. The van der Waals surface area contributed by atoms with E-state index in [0.29, 0.717) is 12.8 Å². The van der Waals surface area contributed by atoms with Crippen molar-refractivity contribution in [1.82, 2.24) is 4.90 Å². The quantitative estimate of drug-likeness (QED) is 0.563. The van der Waals surface area contributed by atoms with Gasteiger partial charge in [0.25, 0.3) is 0 Å². The van der Waals surface area contributed by atoms with Crippen molar-refractivity contribution in [2.75, 3.05) is 6.54 Å². The Hall–Kier alpha value is -1.06. The Morgan fingerprint density at radius 3 is 2.82 bits per heavy atom. The molecular weight excluding hydrogens is 146 g/mol. The Bertz CT molecular complexity index is 190. The van der Waals surface area contributed by atoms with Crippen LogP contribution in [0.5, 0.6) is 0 Å². The number of carbonyl (C=O) groups excluding carboxylic acids is 1. The molecule has 1 heterocycles. The summed E-state index contributed by atoms with van der Waals surface area (Å²) < 4.78 is 0. The van der Waals surface area contributed by atoms with E-state index in [0.717, 1.165) is 0 Å². The van der Waals surface area contributed by atoms with Gasteiger partial charge in [0, 0.05) is 12.5 Å². The van der Waals surface area contributed by atoms with Gasteiger partial charge in [-0.3, -0.25) is 9.69 Å². The van der Waals surface area contributed by atoms with E-state index in [1.807, 2.05) is 6.92 Å². The fraction of sp³-hybridized carbons (Fsp3) is 0.714. The standard InChI is InChI=1S/C7H11NO3/c1-5-2-3-6(9)4-8(5)7(10)11/h5H,2-4H2,1H3,(H,10,11)/t5-/m0/s1. The molecule has 4 nitrogen and oxygen atoms in total. The molecule has 1 N–H and O–H groups in total. The largest absolute Gasteiger partial charge is 0.465 e. The van der Waals surface area contributed by atoms with Crippen molar-refractivity contribution >= 4 is 11.9 Å². The Morgan fingerprint density at radius 2 is 2.36 bits per heavy atom. The maximum Gasteiger partial charge on any atom is 0.407 e. The van der Waals surface area contributed by atoms with E-state index in [-0.39, 0.29) is 18.4 Å². The summed E-state index contributed by atoms with van der Waals surface area (Å²) in [6.45, 7) is 1.89. The zero-order chi connectivity index (χ0) is 8.43. The maximum absolute atomic E-state index is 10.8. The van der Waals surface area contributed by atoms with Crippen LogP contribution in [0.25, 0.3) is 0 Å². The first-order valence-corrected chi connectivity index (χ1v) is 3.62. The fourth-order valence-electron chi connectivity index (χ4n) is 1.21. The van der Waals surface area contributed by atoms with Gasteiger partial charge in [0.15, 0.2) is 5.78 Å². The van der Waals surface area contributed by atoms with Gasteiger partial charge in [0.2, 0.25) is 0 Å². The number of carboxylic acid groups (broad SMARTS) is 1. The van der Waals surface area contributed by atoms with Gasteiger partial charge in [-0.2, -0.15) is 0 Å². The van der Waals surface area contributed by atoms with Crippen LogP contribution in [0.2, 0.25) is 0 Å². The minimum absolute atomic E-state index is 0.00907. The summed E-state index contributed by atoms with van der Waals surface area (Å²) in [4.78, 5) is 22.5. The number of hydrogen-bond donors (Lipinski definition) is 1. The molecule has 4 heteroatoms. The molecule has 0 aromatic carbocycles. The van der Waals surface area contributed by atoms with Gasteiger partial charge in [-0.05, 0) is 13.3 Å². The first-order chi connectivity index (χ1) is 5.11. The van der Waals surface area contributed by atoms with Crippen LogP contribution in [0.4, 0.5) is 4.79 Å². The number of ketones is 1. The van der Waals surface area contributed by atoms with Gasteiger partial charge in [0.05, 0.1) is 6.54 Å². The fourth-order valence-corrected chi connectivity index (χ4v) is 1.21. The lowest BCUT2D eigenvalue weighted by atomic mass is 10.0. The third kappa shape index (κ3) is 1.69. The lowest BCUT2D eigenvalue weighted by molar-refractivity contribution is -0.122. The number of carbonyl (C=O) groups is 2. The molecule has 0 aromatic rings. The van der Waals surface area contributed by atoms with Gasteiger partial charge in [-0.15, -0.1) is 0 Å². The van der Waals surface area contributed by atoms with Crippen LogP contribution in [0, 0.1) is 0 Å². The summed E-state index contributed by atoms with van der Waals surface area (Å²) in [6.07, 6.45) is 0.182. The molecule has 1 amide bonds. The zero-order valence-electron chi connectivity index (χ0n) is 6.41. The minimum atomic E-state index is -0.995. The lowest BCUT2D eigenvalue weighted by Crippen LogP contribution is -2.45. The summed E-state index contributed by atoms with van der Waals surface area (Å²) in [5, 5.41) is 8.60. The zero-order valence-corrected chi connectivity index (χ0v) is 6.41. The average molecular weight is 157 g/mol. The molecule has 0 aliphatic carbocycles. The normalized spacial score (nSPS) is 25.4. The number of likely N-dealkylation sites (tertiary alicyclic amines) is 1. The van der Waals surface area contributed by atoms with Crippen LogP contribution in [0.1, 0.15) is 19.8 Å². The minimum Gasteiger partial charge on any atom is -0.465 e. The van der Waals surface area contributed by atoms with Crippen molar-refractivity contribution in [3.63, 3.8) is 0 Å². The Labute approximate surface area is 64.8 Å². The third-order valence-electron chi connectivity index (χ3n) is 1.97. The predicted molar refractivity (Wildman–Crippen MR) is 38.4 cm³/mol. The third-order valence-corrected chi connectivity index (χ3v) is 1.97. The highest BCUT2D eigenvalue weighted by Crippen LogP contribution is 2.13. The van der Waals surface area contributed by atoms with Crippen LogP contribution in [0.15, 0.2) is 0 Å².